The lowest BCUT2D eigenvalue weighted by Crippen LogP contribution is -2.33. The first-order chi connectivity index (χ1) is 54.5. The maximum atomic E-state index is 13.6. The van der Waals surface area contributed by atoms with Gasteiger partial charge in [0.2, 0.25) is 0 Å². The van der Waals surface area contributed by atoms with E-state index in [4.69, 9.17) is 0 Å². The molecule has 9 aromatic rings. The number of aryl methyl sites for hydroxylation is 4. The highest BCUT2D eigenvalue weighted by molar-refractivity contribution is 5.78. The number of benzene rings is 9. The number of hydrogen-bond acceptors (Lipinski definition) is 0. The van der Waals surface area contributed by atoms with Crippen LogP contribution < -0.4 is 0 Å². The van der Waals surface area contributed by atoms with E-state index in [0.29, 0.717) is 44.3 Å². The third kappa shape index (κ3) is 22.7. The largest absolute Gasteiger partial charge is 0.239 e. The van der Waals surface area contributed by atoms with Crippen LogP contribution in [0.15, 0.2) is 170 Å². The number of allylic oxidation sites excluding steroid dienone is 1. The highest BCUT2D eigenvalue weighted by Crippen LogP contribution is 2.48. The van der Waals surface area contributed by atoms with Crippen molar-refractivity contribution in [1.29, 1.82) is 0 Å². The van der Waals surface area contributed by atoms with Crippen molar-refractivity contribution in [2.24, 2.45) is 0 Å². The molecule has 0 saturated heterocycles. The molecular weight excluding hydrogens is 1440 g/mol. The van der Waals surface area contributed by atoms with Crippen molar-refractivity contribution in [1.82, 2.24) is 0 Å². The van der Waals surface area contributed by atoms with Crippen molar-refractivity contribution < 1.29 is 4.39 Å². The van der Waals surface area contributed by atoms with Crippen molar-refractivity contribution >= 4 is 5.57 Å². The van der Waals surface area contributed by atoms with E-state index >= 15 is 0 Å². The molecule has 0 N–H and O–H groups in total. The Morgan fingerprint density at radius 2 is 0.496 bits per heavy atom. The summed E-state index contributed by atoms with van der Waals surface area (Å²) in [5.41, 5.74) is 43.4. The second kappa shape index (κ2) is 34.4. The molecule has 9 aliphatic carbocycles. The molecule has 1 heteroatoms. The fraction of sp³-hybridized carbons (Fsp3) is 0.525. The highest BCUT2D eigenvalue weighted by atomic mass is 19.1. The third-order valence-corrected chi connectivity index (χ3v) is 27.4. The minimum absolute atomic E-state index is 0.164. The molecule has 119 heavy (non-hydrogen) atoms. The highest BCUT2D eigenvalue weighted by Gasteiger charge is 2.40. The van der Waals surface area contributed by atoms with Crippen LogP contribution in [0.3, 0.4) is 0 Å². The first-order valence-corrected chi connectivity index (χ1v) is 46.1. The zero-order valence-electron chi connectivity index (χ0n) is 81.9. The maximum absolute atomic E-state index is 13.6. The Balaban J connectivity index is 0.000000141. The second-order valence-electron chi connectivity index (χ2n) is 48.4. The first kappa shape index (κ1) is 93.9. The summed E-state index contributed by atoms with van der Waals surface area (Å²) < 4.78 is 13.6. The van der Waals surface area contributed by atoms with Crippen LogP contribution in [-0.4, -0.2) is 0 Å². The molecule has 0 aromatic heterocycles. The normalized spacial score (nSPS) is 19.1. The summed E-state index contributed by atoms with van der Waals surface area (Å²) in [5.74, 6) is 2.39. The summed E-state index contributed by atoms with van der Waals surface area (Å²) in [4.78, 5) is 0. The first-order valence-electron chi connectivity index (χ1n) is 46.1. The average Bonchev–Trinajstić information content (AvgIpc) is 0.948. The van der Waals surface area contributed by atoms with E-state index in [9.17, 15) is 4.39 Å². The molecule has 0 nitrogen and oxygen atoms in total. The molecule has 0 radical (unpaired) electrons. The summed E-state index contributed by atoms with van der Waals surface area (Å²) in [6, 6.07) is 61.8. The zero-order chi connectivity index (χ0) is 88.5. The number of halogens is 1. The fourth-order valence-electron chi connectivity index (χ4n) is 18.3. The van der Waals surface area contributed by atoms with Gasteiger partial charge in [-0.3, -0.25) is 0 Å². The van der Waals surface area contributed by atoms with Crippen molar-refractivity contribution in [3.8, 4) is 0 Å². The van der Waals surface area contributed by atoms with Gasteiger partial charge in [-0.05, 0) is 311 Å². The quantitative estimate of drug-likeness (QED) is 0.142. The van der Waals surface area contributed by atoms with Crippen LogP contribution >= 0.6 is 0 Å². The van der Waals surface area contributed by atoms with E-state index in [0.717, 1.165) is 29.7 Å². The van der Waals surface area contributed by atoms with Crippen LogP contribution in [0, 0.1) is 0 Å². The number of rotatable bonds is 0. The van der Waals surface area contributed by atoms with Gasteiger partial charge >= 0.3 is 0 Å². The van der Waals surface area contributed by atoms with Gasteiger partial charge in [0.25, 0.3) is 0 Å². The topological polar surface area (TPSA) is 0 Å². The van der Waals surface area contributed by atoms with Crippen LogP contribution in [0.25, 0.3) is 5.57 Å². The van der Waals surface area contributed by atoms with Crippen LogP contribution in [0.2, 0.25) is 0 Å². The molecule has 0 heterocycles. The number of hydrogen-bond donors (Lipinski definition) is 0. The SMILES string of the molecule is C=C1Cc2cc(C(C)(C)C)ccc21.CC(C)(C)c1ccc2c(c1)CC2.CC(C)(C)c1ccc2c(c1)CC2(C)C.CC(C)(C)c1ccc2c(c1)CC2(C)C.CC(C)(C)c1ccc2c(c1)CC2(C)F.CC(C)(C)c1ccc2c(c1)CCC2.CC1Cc2cc(C(C)(C)C)ccc21.CC1Cc2cc(C(C)(C)C)ccc21.CC1Cc2cc(C(C)(C)C)ccc21. The maximum Gasteiger partial charge on any atom is 0.137 e. The van der Waals surface area contributed by atoms with Gasteiger partial charge in [-0.15, -0.1) is 0 Å². The van der Waals surface area contributed by atoms with E-state index in [-0.39, 0.29) is 21.7 Å². The number of fused-ring (bicyclic) bond motifs is 9. The molecule has 9 aromatic carbocycles. The predicted molar refractivity (Wildman–Crippen MR) is 520 cm³/mol. The van der Waals surface area contributed by atoms with Gasteiger partial charge in [-0.2, -0.15) is 0 Å². The molecule has 640 valence electrons. The van der Waals surface area contributed by atoms with Gasteiger partial charge in [-0.25, -0.2) is 4.39 Å². The standard InChI is InChI=1S/2C14H20.C13H17F.3C13H18.C13H16.C13H18.C12H16/c2*1-13(2,3)11-6-7-12-10(8-11)9-14(12,4)5;1-12(2,3)10-5-6-11-9(7-10)8-13(11,4)14;4*1-9-7-10-8-11(13(2,3)4)5-6-12(9)10;1-13(2,3)12-8-7-10-5-4-6-11(10)9-12;1-12(2,3)11-7-6-9-4-5-10(9)8-11/h2*6-8H,9H2,1-5H3;5-7H,8H2,1-4H3;3*5-6,8-9H,7H2,1-4H3;5-6,8H,1,7H2,2-4H3;7-9H,4-6H2,1-3H3;6-8H,4-5H2,1-3H3. The summed E-state index contributed by atoms with van der Waals surface area (Å²) in [5, 5.41) is 0. The average molecular weight is 1600 g/mol. The summed E-state index contributed by atoms with van der Waals surface area (Å²) in [6.45, 7) is 83.0. The van der Waals surface area contributed by atoms with Crippen molar-refractivity contribution in [2.75, 3.05) is 0 Å². The predicted octanol–water partition coefficient (Wildman–Crippen LogP) is 32.4. The molecule has 0 saturated carbocycles. The van der Waals surface area contributed by atoms with E-state index in [1.165, 1.54) is 137 Å². The Labute approximate surface area is 728 Å². The zero-order valence-corrected chi connectivity index (χ0v) is 81.9. The molecule has 9 aliphatic rings. The van der Waals surface area contributed by atoms with E-state index in [1.54, 1.807) is 84.8 Å². The van der Waals surface area contributed by atoms with E-state index in [2.05, 4.69) is 400 Å². The minimum Gasteiger partial charge on any atom is -0.239 e. The lowest BCUT2D eigenvalue weighted by Gasteiger charge is -2.39. The summed E-state index contributed by atoms with van der Waals surface area (Å²) in [7, 11) is 0. The summed E-state index contributed by atoms with van der Waals surface area (Å²) >= 11 is 0. The van der Waals surface area contributed by atoms with E-state index < -0.39 is 5.67 Å². The van der Waals surface area contributed by atoms with Gasteiger partial charge in [0.05, 0.1) is 0 Å². The Morgan fingerprint density at radius 3 is 0.739 bits per heavy atom. The smallest absolute Gasteiger partial charge is 0.137 e. The van der Waals surface area contributed by atoms with Gasteiger partial charge in [0.15, 0.2) is 0 Å². The molecule has 0 amide bonds. The van der Waals surface area contributed by atoms with Crippen LogP contribution in [0.4, 0.5) is 4.39 Å². The van der Waals surface area contributed by atoms with Crippen LogP contribution in [0.5, 0.6) is 0 Å². The fourth-order valence-corrected chi connectivity index (χ4v) is 18.3. The van der Waals surface area contributed by atoms with Crippen LogP contribution in [-0.2, 0) is 136 Å². The molecular formula is C118H161F. The Kier molecular flexibility index (Phi) is 27.1. The molecule has 18 rings (SSSR count). The molecule has 0 bridgehead atoms. The molecule has 0 spiro atoms. The number of alkyl halides is 1. The molecule has 0 fully saturated rings. The van der Waals surface area contributed by atoms with E-state index in [1.807, 2.05) is 6.07 Å². The Bertz CT molecular complexity index is 4750. The summed E-state index contributed by atoms with van der Waals surface area (Å²) in [6.07, 6.45) is 14.5. The second-order valence-corrected chi connectivity index (χ2v) is 48.4. The van der Waals surface area contributed by atoms with Gasteiger partial charge in [-0.1, -0.05) is 406 Å². The molecule has 4 unspecified atom stereocenters. The molecule has 0 aliphatic heterocycles. The van der Waals surface area contributed by atoms with Gasteiger partial charge in [0.1, 0.15) is 5.67 Å². The minimum atomic E-state index is -1.08. The Hall–Kier alpha value is -7.35. The molecule has 4 atom stereocenters. The Morgan fingerprint density at radius 1 is 0.261 bits per heavy atom. The van der Waals surface area contributed by atoms with Crippen molar-refractivity contribution in [3.05, 3.63) is 321 Å². The third-order valence-electron chi connectivity index (χ3n) is 27.4. The van der Waals surface area contributed by atoms with Crippen LogP contribution in [0.1, 0.15) is 417 Å². The monoisotopic (exact) mass is 1600 g/mol. The van der Waals surface area contributed by atoms with Crippen molar-refractivity contribution in [2.45, 2.75) is 402 Å². The van der Waals surface area contributed by atoms with Crippen molar-refractivity contribution in [3.63, 3.8) is 0 Å². The van der Waals surface area contributed by atoms with Gasteiger partial charge < -0.3 is 0 Å². The lowest BCUT2D eigenvalue weighted by molar-refractivity contribution is 0.158. The van der Waals surface area contributed by atoms with Gasteiger partial charge in [0, 0.05) is 6.42 Å². The lowest BCUT2D eigenvalue weighted by atomic mass is 9.65.